The normalized spacial score (nSPS) is 12.7. The number of nitrogens with zero attached hydrogens (tertiary/aromatic N) is 2. The quantitative estimate of drug-likeness (QED) is 0.940. The van der Waals surface area contributed by atoms with Crippen LogP contribution in [0.5, 0.6) is 0 Å². The summed E-state index contributed by atoms with van der Waals surface area (Å²) in [5.41, 5.74) is 8.62. The predicted molar refractivity (Wildman–Crippen MR) is 77.4 cm³/mol. The molecule has 0 aliphatic rings. The molecular formula is C14H18BrN3. The first-order valence-electron chi connectivity index (χ1n) is 6.16. The van der Waals surface area contributed by atoms with Crippen molar-refractivity contribution in [3.05, 3.63) is 52.0 Å². The molecular weight excluding hydrogens is 290 g/mol. The van der Waals surface area contributed by atoms with Gasteiger partial charge < -0.3 is 10.3 Å². The number of benzene rings is 1. The topological polar surface area (TPSA) is 43.8 Å². The van der Waals surface area contributed by atoms with E-state index in [1.165, 1.54) is 5.56 Å². The van der Waals surface area contributed by atoms with Crippen molar-refractivity contribution in [2.24, 2.45) is 5.73 Å². The summed E-state index contributed by atoms with van der Waals surface area (Å²) in [4.78, 5) is 4.40. The van der Waals surface area contributed by atoms with Crippen molar-refractivity contribution in [2.45, 2.75) is 32.9 Å². The van der Waals surface area contributed by atoms with Crippen LogP contribution < -0.4 is 5.73 Å². The molecule has 0 radical (unpaired) electrons. The summed E-state index contributed by atoms with van der Waals surface area (Å²) in [6.07, 6.45) is 4.88. The van der Waals surface area contributed by atoms with Crippen LogP contribution in [-0.4, -0.2) is 9.55 Å². The summed E-state index contributed by atoms with van der Waals surface area (Å²) in [5.74, 6) is 0.920. The Hall–Kier alpha value is -1.13. The van der Waals surface area contributed by atoms with E-state index in [4.69, 9.17) is 5.73 Å². The van der Waals surface area contributed by atoms with Gasteiger partial charge in [0.2, 0.25) is 0 Å². The highest BCUT2D eigenvalue weighted by molar-refractivity contribution is 9.10. The average molecular weight is 308 g/mol. The molecule has 0 amide bonds. The lowest BCUT2D eigenvalue weighted by Crippen LogP contribution is -2.18. The molecule has 0 spiro atoms. The van der Waals surface area contributed by atoms with Crippen LogP contribution in [0.25, 0.3) is 0 Å². The van der Waals surface area contributed by atoms with Gasteiger partial charge in [0, 0.05) is 23.4 Å². The fourth-order valence-corrected chi connectivity index (χ4v) is 2.59. The Morgan fingerprint density at radius 2 is 2.22 bits per heavy atom. The number of rotatable bonds is 4. The number of nitrogens with two attached hydrogens (primary N) is 1. The summed E-state index contributed by atoms with van der Waals surface area (Å²) >= 11 is 3.61. The molecule has 18 heavy (non-hydrogen) atoms. The molecule has 1 unspecified atom stereocenters. The highest BCUT2D eigenvalue weighted by Gasteiger charge is 2.17. The molecule has 4 heteroatoms. The molecule has 0 saturated heterocycles. The van der Waals surface area contributed by atoms with Crippen molar-refractivity contribution in [3.63, 3.8) is 0 Å². The van der Waals surface area contributed by atoms with Crippen LogP contribution in [0.4, 0.5) is 0 Å². The van der Waals surface area contributed by atoms with Gasteiger partial charge in [-0.1, -0.05) is 41.1 Å². The van der Waals surface area contributed by atoms with Gasteiger partial charge in [-0.3, -0.25) is 0 Å². The fourth-order valence-electron chi connectivity index (χ4n) is 2.08. The predicted octanol–water partition coefficient (Wildman–Crippen LogP) is 3.41. The van der Waals surface area contributed by atoms with Gasteiger partial charge in [0.15, 0.2) is 0 Å². The highest BCUT2D eigenvalue weighted by Crippen LogP contribution is 2.28. The number of hydrogen-bond acceptors (Lipinski definition) is 2. The van der Waals surface area contributed by atoms with Crippen LogP contribution in [-0.2, 0) is 6.54 Å². The summed E-state index contributed by atoms with van der Waals surface area (Å²) in [6.45, 7) is 5.17. The lowest BCUT2D eigenvalue weighted by Gasteiger charge is -2.16. The molecule has 96 valence electrons. The third kappa shape index (κ3) is 2.49. The van der Waals surface area contributed by atoms with Crippen LogP contribution in [0.2, 0.25) is 0 Å². The third-order valence-corrected chi connectivity index (χ3v) is 4.13. The maximum absolute atomic E-state index is 6.35. The Bertz CT molecular complexity index is 534. The molecule has 1 atom stereocenters. The first kappa shape index (κ1) is 13.3. The minimum absolute atomic E-state index is 0.194. The SMILES string of the molecule is CCCn1ccnc1C(N)c1cccc(C)c1Br. The molecule has 0 saturated carbocycles. The zero-order valence-corrected chi connectivity index (χ0v) is 12.3. The van der Waals surface area contributed by atoms with E-state index in [0.29, 0.717) is 0 Å². The van der Waals surface area contributed by atoms with E-state index in [1.807, 2.05) is 24.5 Å². The second-order valence-electron chi connectivity index (χ2n) is 4.43. The molecule has 1 aromatic carbocycles. The van der Waals surface area contributed by atoms with Crippen molar-refractivity contribution >= 4 is 15.9 Å². The number of halogens is 1. The van der Waals surface area contributed by atoms with Gasteiger partial charge >= 0.3 is 0 Å². The number of imidazole rings is 1. The number of aryl methyl sites for hydroxylation is 2. The molecule has 0 bridgehead atoms. The van der Waals surface area contributed by atoms with Crippen molar-refractivity contribution < 1.29 is 0 Å². The third-order valence-electron chi connectivity index (χ3n) is 3.05. The van der Waals surface area contributed by atoms with Crippen molar-refractivity contribution in [3.8, 4) is 0 Å². The largest absolute Gasteiger partial charge is 0.333 e. The standard InChI is InChI=1S/C14H18BrN3/c1-3-8-18-9-7-17-14(18)13(16)11-6-4-5-10(2)12(11)15/h4-7,9,13H,3,8,16H2,1-2H3. The minimum Gasteiger partial charge on any atom is -0.333 e. The van der Waals surface area contributed by atoms with Crippen LogP contribution in [0.1, 0.15) is 36.3 Å². The average Bonchev–Trinajstić information content (AvgIpc) is 2.80. The molecule has 2 N–H and O–H groups in total. The van der Waals surface area contributed by atoms with Crippen molar-refractivity contribution in [1.29, 1.82) is 0 Å². The maximum atomic E-state index is 6.35. The van der Waals surface area contributed by atoms with E-state index in [9.17, 15) is 0 Å². The van der Waals surface area contributed by atoms with Gasteiger partial charge in [-0.25, -0.2) is 4.98 Å². The molecule has 1 heterocycles. The van der Waals surface area contributed by atoms with Crippen LogP contribution >= 0.6 is 15.9 Å². The van der Waals surface area contributed by atoms with Crippen molar-refractivity contribution in [2.75, 3.05) is 0 Å². The Kier molecular flexibility index (Phi) is 4.19. The number of aromatic nitrogens is 2. The second-order valence-corrected chi connectivity index (χ2v) is 5.23. The Balaban J connectivity index is 2.38. The van der Waals surface area contributed by atoms with E-state index in [0.717, 1.165) is 28.8 Å². The van der Waals surface area contributed by atoms with Crippen molar-refractivity contribution in [1.82, 2.24) is 9.55 Å². The molecule has 0 aliphatic heterocycles. The van der Waals surface area contributed by atoms with Crippen LogP contribution in [0.15, 0.2) is 35.1 Å². The molecule has 3 nitrogen and oxygen atoms in total. The van der Waals surface area contributed by atoms with Gasteiger partial charge in [-0.05, 0) is 24.5 Å². The first-order chi connectivity index (χ1) is 8.65. The van der Waals surface area contributed by atoms with Gasteiger partial charge in [0.05, 0.1) is 6.04 Å². The van der Waals surface area contributed by atoms with Gasteiger partial charge in [-0.2, -0.15) is 0 Å². The summed E-state index contributed by atoms with van der Waals surface area (Å²) in [5, 5.41) is 0. The van der Waals surface area contributed by atoms with Gasteiger partial charge in [0.25, 0.3) is 0 Å². The maximum Gasteiger partial charge on any atom is 0.130 e. The van der Waals surface area contributed by atoms with Crippen LogP contribution in [0.3, 0.4) is 0 Å². The van der Waals surface area contributed by atoms with E-state index in [1.54, 1.807) is 0 Å². The Morgan fingerprint density at radius 1 is 1.44 bits per heavy atom. The lowest BCUT2D eigenvalue weighted by atomic mass is 10.0. The zero-order valence-electron chi connectivity index (χ0n) is 10.7. The fraction of sp³-hybridized carbons (Fsp3) is 0.357. The zero-order chi connectivity index (χ0) is 13.1. The molecule has 2 aromatic rings. The van der Waals surface area contributed by atoms with Gasteiger partial charge in [-0.15, -0.1) is 0 Å². The minimum atomic E-state index is -0.194. The first-order valence-corrected chi connectivity index (χ1v) is 6.96. The monoisotopic (exact) mass is 307 g/mol. The molecule has 0 aliphatic carbocycles. The summed E-state index contributed by atoms with van der Waals surface area (Å²) in [6, 6.07) is 5.95. The summed E-state index contributed by atoms with van der Waals surface area (Å²) in [7, 11) is 0. The Morgan fingerprint density at radius 3 is 2.94 bits per heavy atom. The van der Waals surface area contributed by atoms with E-state index in [2.05, 4.69) is 45.4 Å². The molecule has 2 rings (SSSR count). The van der Waals surface area contributed by atoms with E-state index < -0.39 is 0 Å². The van der Waals surface area contributed by atoms with Gasteiger partial charge in [0.1, 0.15) is 5.82 Å². The molecule has 0 fully saturated rings. The second kappa shape index (κ2) is 5.67. The Labute approximate surface area is 116 Å². The lowest BCUT2D eigenvalue weighted by molar-refractivity contribution is 0.612. The van der Waals surface area contributed by atoms with E-state index >= 15 is 0 Å². The summed E-state index contributed by atoms with van der Waals surface area (Å²) < 4.78 is 3.20. The molecule has 1 aromatic heterocycles. The van der Waals surface area contributed by atoms with E-state index in [-0.39, 0.29) is 6.04 Å². The smallest absolute Gasteiger partial charge is 0.130 e. The number of hydrogen-bond donors (Lipinski definition) is 1. The highest BCUT2D eigenvalue weighted by atomic mass is 79.9. The van der Waals surface area contributed by atoms with Crippen LogP contribution in [0, 0.1) is 6.92 Å².